The van der Waals surface area contributed by atoms with Gasteiger partial charge in [0.2, 0.25) is 5.82 Å². The van der Waals surface area contributed by atoms with Gasteiger partial charge in [-0.25, -0.2) is 4.39 Å². The maximum Gasteiger partial charge on any atom is 0.311 e. The molecular weight excluding hydrogens is 298 g/mol. The van der Waals surface area contributed by atoms with Crippen molar-refractivity contribution in [3.8, 4) is 5.75 Å². The molecule has 23 heavy (non-hydrogen) atoms. The summed E-state index contributed by atoms with van der Waals surface area (Å²) in [5.41, 5.74) is 0.372. The van der Waals surface area contributed by atoms with E-state index in [-0.39, 0.29) is 12.2 Å². The highest BCUT2D eigenvalue weighted by Gasteiger charge is 2.21. The molecule has 4 heteroatoms. The molecule has 128 valence electrons. The first kappa shape index (κ1) is 17.9. The molecule has 0 atom stereocenters. The third-order valence-corrected chi connectivity index (χ3v) is 5.00. The van der Waals surface area contributed by atoms with Gasteiger partial charge in [-0.3, -0.25) is 4.79 Å². The van der Waals surface area contributed by atoms with Crippen molar-refractivity contribution in [2.24, 2.45) is 11.8 Å². The van der Waals surface area contributed by atoms with Crippen molar-refractivity contribution in [3.63, 3.8) is 0 Å². The molecule has 0 bridgehead atoms. The third kappa shape index (κ3) is 4.76. The number of carbonyl (C=O) groups excluding carboxylic acids is 1. The zero-order valence-electron chi connectivity index (χ0n) is 14.0. The van der Waals surface area contributed by atoms with E-state index in [1.807, 2.05) is 0 Å². The van der Waals surface area contributed by atoms with Gasteiger partial charge < -0.3 is 4.74 Å². The smallest absolute Gasteiger partial charge is 0.311 e. The van der Waals surface area contributed by atoms with Gasteiger partial charge in [0, 0.05) is 6.42 Å². The van der Waals surface area contributed by atoms with E-state index in [4.69, 9.17) is 4.74 Å². The molecule has 0 amide bonds. The standard InChI is InChI=1S/C19H26F2O2/c1-3-13-5-7-14(8-6-13)9-10-15-11-12-16(19(21)18(15)20)23-17(22)4-2/h11-14H,3-10H2,1-2H3/t13-,14-. The van der Waals surface area contributed by atoms with E-state index in [1.54, 1.807) is 6.92 Å². The second kappa shape index (κ2) is 8.42. The van der Waals surface area contributed by atoms with Crippen LogP contribution in [-0.2, 0) is 11.2 Å². The van der Waals surface area contributed by atoms with Crippen LogP contribution in [0.1, 0.15) is 64.4 Å². The molecule has 2 rings (SSSR count). The maximum atomic E-state index is 14.1. The molecule has 1 aromatic rings. The van der Waals surface area contributed by atoms with Crippen molar-refractivity contribution in [1.82, 2.24) is 0 Å². The van der Waals surface area contributed by atoms with E-state index in [0.29, 0.717) is 17.9 Å². The Morgan fingerprint density at radius 2 is 1.74 bits per heavy atom. The monoisotopic (exact) mass is 324 g/mol. The molecule has 0 aromatic heterocycles. The summed E-state index contributed by atoms with van der Waals surface area (Å²) in [5, 5.41) is 0. The van der Waals surface area contributed by atoms with E-state index in [9.17, 15) is 13.6 Å². The van der Waals surface area contributed by atoms with Gasteiger partial charge in [-0.15, -0.1) is 0 Å². The minimum Gasteiger partial charge on any atom is -0.423 e. The number of ether oxygens (including phenoxy) is 1. The Balaban J connectivity index is 1.93. The van der Waals surface area contributed by atoms with Crippen LogP contribution in [0.3, 0.4) is 0 Å². The number of aryl methyl sites for hydroxylation is 1. The van der Waals surface area contributed by atoms with Gasteiger partial charge in [0.15, 0.2) is 11.6 Å². The van der Waals surface area contributed by atoms with Crippen molar-refractivity contribution in [2.75, 3.05) is 0 Å². The fourth-order valence-electron chi connectivity index (χ4n) is 3.33. The lowest BCUT2D eigenvalue weighted by atomic mass is 9.78. The number of benzene rings is 1. The zero-order chi connectivity index (χ0) is 16.8. The van der Waals surface area contributed by atoms with Gasteiger partial charge in [-0.05, 0) is 36.3 Å². The predicted molar refractivity (Wildman–Crippen MR) is 86.3 cm³/mol. The molecule has 1 aliphatic rings. The molecule has 1 aliphatic carbocycles. The quantitative estimate of drug-likeness (QED) is 0.515. The summed E-state index contributed by atoms with van der Waals surface area (Å²) >= 11 is 0. The minimum atomic E-state index is -1.06. The second-order valence-corrected chi connectivity index (χ2v) is 6.51. The van der Waals surface area contributed by atoms with Crippen LogP contribution >= 0.6 is 0 Å². The summed E-state index contributed by atoms with van der Waals surface area (Å²) in [6, 6.07) is 2.89. The highest BCUT2D eigenvalue weighted by molar-refractivity contribution is 5.72. The Hall–Kier alpha value is -1.45. The average Bonchev–Trinajstić information content (AvgIpc) is 2.58. The van der Waals surface area contributed by atoms with Crippen LogP contribution in [-0.4, -0.2) is 5.97 Å². The highest BCUT2D eigenvalue weighted by atomic mass is 19.2. The molecular formula is C19H26F2O2. The Bertz CT molecular complexity index is 534. The van der Waals surface area contributed by atoms with Crippen LogP contribution in [0.4, 0.5) is 8.78 Å². The number of halogens is 2. The molecule has 1 aromatic carbocycles. The van der Waals surface area contributed by atoms with Gasteiger partial charge in [0.1, 0.15) is 0 Å². The van der Waals surface area contributed by atoms with E-state index in [0.717, 1.165) is 12.3 Å². The van der Waals surface area contributed by atoms with Crippen LogP contribution in [0.2, 0.25) is 0 Å². The van der Waals surface area contributed by atoms with E-state index in [1.165, 1.54) is 44.2 Å². The first-order valence-corrected chi connectivity index (χ1v) is 8.72. The van der Waals surface area contributed by atoms with Gasteiger partial charge in [0.05, 0.1) is 0 Å². The molecule has 0 unspecified atom stereocenters. The number of hydrogen-bond donors (Lipinski definition) is 0. The normalized spacial score (nSPS) is 21.2. The fourth-order valence-corrected chi connectivity index (χ4v) is 3.33. The number of esters is 1. The van der Waals surface area contributed by atoms with Crippen LogP contribution < -0.4 is 4.74 Å². The summed E-state index contributed by atoms with van der Waals surface area (Å²) in [6.45, 7) is 3.84. The Morgan fingerprint density at radius 3 is 2.35 bits per heavy atom. The molecule has 2 nitrogen and oxygen atoms in total. The van der Waals surface area contributed by atoms with Crippen molar-refractivity contribution < 1.29 is 18.3 Å². The van der Waals surface area contributed by atoms with E-state index in [2.05, 4.69) is 6.92 Å². The lowest BCUT2D eigenvalue weighted by molar-refractivity contribution is -0.134. The molecule has 0 saturated heterocycles. The van der Waals surface area contributed by atoms with Gasteiger partial charge >= 0.3 is 5.97 Å². The molecule has 0 aliphatic heterocycles. The second-order valence-electron chi connectivity index (χ2n) is 6.51. The summed E-state index contributed by atoms with van der Waals surface area (Å²) in [6.07, 6.45) is 7.68. The SMILES string of the molecule is CCC(=O)Oc1ccc(CC[C@H]2CC[C@H](CC)CC2)c(F)c1F. The summed E-state index contributed by atoms with van der Waals surface area (Å²) < 4.78 is 32.9. The first-order chi connectivity index (χ1) is 11.0. The zero-order valence-corrected chi connectivity index (χ0v) is 14.0. The molecule has 0 spiro atoms. The predicted octanol–water partition coefficient (Wildman–Crippen LogP) is 5.43. The van der Waals surface area contributed by atoms with Crippen LogP contribution in [0.5, 0.6) is 5.75 Å². The topological polar surface area (TPSA) is 26.3 Å². The van der Waals surface area contributed by atoms with Crippen LogP contribution in [0.25, 0.3) is 0 Å². The molecule has 0 heterocycles. The average molecular weight is 324 g/mol. The van der Waals surface area contributed by atoms with Gasteiger partial charge in [-0.1, -0.05) is 52.0 Å². The summed E-state index contributed by atoms with van der Waals surface area (Å²) in [7, 11) is 0. The highest BCUT2D eigenvalue weighted by Crippen LogP contribution is 2.33. The molecule has 0 N–H and O–H groups in total. The number of rotatable bonds is 6. The van der Waals surface area contributed by atoms with Crippen molar-refractivity contribution >= 4 is 5.97 Å². The van der Waals surface area contributed by atoms with Gasteiger partial charge in [-0.2, -0.15) is 4.39 Å². The van der Waals surface area contributed by atoms with E-state index >= 15 is 0 Å². The Labute approximate surface area is 137 Å². The minimum absolute atomic E-state index is 0.128. The molecule has 1 saturated carbocycles. The fraction of sp³-hybridized carbons (Fsp3) is 0.632. The van der Waals surface area contributed by atoms with Gasteiger partial charge in [0.25, 0.3) is 0 Å². The van der Waals surface area contributed by atoms with Crippen LogP contribution in [0.15, 0.2) is 12.1 Å². The Kier molecular flexibility index (Phi) is 6.55. The third-order valence-electron chi connectivity index (χ3n) is 5.00. The van der Waals surface area contributed by atoms with Crippen molar-refractivity contribution in [1.29, 1.82) is 0 Å². The molecule has 1 fully saturated rings. The molecule has 0 radical (unpaired) electrons. The lowest BCUT2D eigenvalue weighted by Gasteiger charge is -2.27. The largest absolute Gasteiger partial charge is 0.423 e. The van der Waals surface area contributed by atoms with Crippen molar-refractivity contribution in [3.05, 3.63) is 29.3 Å². The Morgan fingerprint density at radius 1 is 1.09 bits per heavy atom. The number of carbonyl (C=O) groups is 1. The number of hydrogen-bond acceptors (Lipinski definition) is 2. The van der Waals surface area contributed by atoms with Crippen molar-refractivity contribution in [2.45, 2.75) is 65.2 Å². The van der Waals surface area contributed by atoms with E-state index < -0.39 is 17.6 Å². The van der Waals surface area contributed by atoms with Crippen LogP contribution in [0, 0.1) is 23.5 Å². The summed E-state index contributed by atoms with van der Waals surface area (Å²) in [4.78, 5) is 11.2. The maximum absolute atomic E-state index is 14.1. The first-order valence-electron chi connectivity index (χ1n) is 8.72. The lowest BCUT2D eigenvalue weighted by Crippen LogP contribution is -2.15. The summed E-state index contributed by atoms with van der Waals surface area (Å²) in [5.74, 6) is -1.37.